The lowest BCUT2D eigenvalue weighted by Crippen LogP contribution is -2.20. The average molecular weight is 378 g/mol. The minimum absolute atomic E-state index is 0.198. The number of carbonyl (C=O) groups is 1. The van der Waals surface area contributed by atoms with Crippen LogP contribution in [0.1, 0.15) is 29.6 Å². The largest absolute Gasteiger partial charge is 0.396 e. The van der Waals surface area contributed by atoms with Gasteiger partial charge in [-0.1, -0.05) is 6.07 Å². The fourth-order valence-electron chi connectivity index (χ4n) is 3.57. The number of nitrogens with two attached hydrogens (primary N) is 1. The molecular formula is C20H22N6O2. The molecule has 1 fully saturated rings. The number of carbonyl (C=O) groups excluding carboxylic acids is 1. The molecule has 2 atom stereocenters. The Balaban J connectivity index is 1.59. The summed E-state index contributed by atoms with van der Waals surface area (Å²) in [7, 11) is 0. The van der Waals surface area contributed by atoms with Crippen LogP contribution in [0.5, 0.6) is 0 Å². The highest BCUT2D eigenvalue weighted by atomic mass is 16.3. The molecule has 2 aromatic heterocycles. The molecule has 1 saturated carbocycles. The summed E-state index contributed by atoms with van der Waals surface area (Å²) >= 11 is 0. The molecule has 5 N–H and O–H groups in total. The minimum Gasteiger partial charge on any atom is -0.396 e. The van der Waals surface area contributed by atoms with Crippen LogP contribution < -0.4 is 16.4 Å². The molecule has 3 aromatic rings. The molecule has 0 saturated heterocycles. The second-order valence-electron chi connectivity index (χ2n) is 7.06. The molecule has 0 radical (unpaired) electrons. The van der Waals surface area contributed by atoms with Gasteiger partial charge in [0.15, 0.2) is 0 Å². The van der Waals surface area contributed by atoms with E-state index in [2.05, 4.69) is 25.6 Å². The molecule has 1 aliphatic carbocycles. The van der Waals surface area contributed by atoms with Crippen LogP contribution in [0, 0.1) is 5.92 Å². The maximum absolute atomic E-state index is 11.8. The number of aromatic nitrogens is 3. The van der Waals surface area contributed by atoms with Gasteiger partial charge in [0.05, 0.1) is 5.52 Å². The van der Waals surface area contributed by atoms with Gasteiger partial charge in [-0.25, -0.2) is 4.98 Å². The van der Waals surface area contributed by atoms with E-state index in [4.69, 9.17) is 5.73 Å². The van der Waals surface area contributed by atoms with Crippen LogP contribution in [0.15, 0.2) is 42.7 Å². The zero-order valence-corrected chi connectivity index (χ0v) is 15.3. The van der Waals surface area contributed by atoms with Crippen molar-refractivity contribution in [2.45, 2.75) is 25.3 Å². The van der Waals surface area contributed by atoms with Crippen molar-refractivity contribution in [3.8, 4) is 0 Å². The molecule has 8 nitrogen and oxygen atoms in total. The van der Waals surface area contributed by atoms with Gasteiger partial charge in [-0.15, -0.1) is 0 Å². The number of rotatable bonds is 6. The summed E-state index contributed by atoms with van der Waals surface area (Å²) < 4.78 is 0. The van der Waals surface area contributed by atoms with Crippen LogP contribution in [-0.4, -0.2) is 38.6 Å². The molecule has 1 amide bonds. The van der Waals surface area contributed by atoms with Gasteiger partial charge >= 0.3 is 0 Å². The van der Waals surface area contributed by atoms with Crippen LogP contribution in [0.4, 0.5) is 17.5 Å². The fourth-order valence-corrected chi connectivity index (χ4v) is 3.57. The number of aliphatic hydroxyl groups excluding tert-OH is 1. The first-order valence-corrected chi connectivity index (χ1v) is 9.28. The minimum atomic E-state index is -0.599. The second kappa shape index (κ2) is 7.77. The number of primary amides is 1. The van der Waals surface area contributed by atoms with Crippen molar-refractivity contribution in [3.05, 3.63) is 48.3 Å². The van der Waals surface area contributed by atoms with Crippen molar-refractivity contribution in [3.63, 3.8) is 0 Å². The molecule has 1 aliphatic rings. The average Bonchev–Trinajstić information content (AvgIpc) is 3.15. The molecule has 2 heterocycles. The third kappa shape index (κ3) is 3.86. The van der Waals surface area contributed by atoms with Crippen LogP contribution >= 0.6 is 0 Å². The number of pyridine rings is 1. The number of hydrogen-bond acceptors (Lipinski definition) is 7. The van der Waals surface area contributed by atoms with Crippen molar-refractivity contribution in [2.75, 3.05) is 17.2 Å². The summed E-state index contributed by atoms with van der Waals surface area (Å²) in [5, 5.41) is 16.7. The lowest BCUT2D eigenvalue weighted by atomic mass is 10.1. The number of fused-ring (bicyclic) bond motifs is 1. The van der Waals surface area contributed by atoms with E-state index in [1.54, 1.807) is 6.20 Å². The number of nitrogens with zero attached hydrogens (tertiary/aromatic N) is 3. The van der Waals surface area contributed by atoms with Gasteiger partial charge < -0.3 is 21.5 Å². The summed E-state index contributed by atoms with van der Waals surface area (Å²) in [6.45, 7) is 0.198. The highest BCUT2D eigenvalue weighted by Crippen LogP contribution is 2.28. The zero-order valence-electron chi connectivity index (χ0n) is 15.3. The molecular weight excluding hydrogens is 356 g/mol. The molecule has 144 valence electrons. The van der Waals surface area contributed by atoms with Crippen LogP contribution in [0.2, 0.25) is 0 Å². The van der Waals surface area contributed by atoms with E-state index in [0.717, 1.165) is 35.9 Å². The van der Waals surface area contributed by atoms with Gasteiger partial charge in [0.25, 0.3) is 5.91 Å². The maximum Gasteiger partial charge on any atom is 0.254 e. The summed E-state index contributed by atoms with van der Waals surface area (Å²) in [6.07, 6.45) is 5.97. The quantitative estimate of drug-likeness (QED) is 0.519. The highest BCUT2D eigenvalue weighted by Gasteiger charge is 2.25. The Bertz CT molecular complexity index is 1010. The second-order valence-corrected chi connectivity index (χ2v) is 7.06. The molecule has 0 aliphatic heterocycles. The van der Waals surface area contributed by atoms with Crippen LogP contribution in [0.25, 0.3) is 10.9 Å². The third-order valence-corrected chi connectivity index (χ3v) is 5.05. The predicted molar refractivity (Wildman–Crippen MR) is 107 cm³/mol. The number of nitrogens with one attached hydrogen (secondary N) is 2. The normalized spacial score (nSPS) is 18.9. The van der Waals surface area contributed by atoms with Crippen molar-refractivity contribution < 1.29 is 9.90 Å². The lowest BCUT2D eigenvalue weighted by Gasteiger charge is -2.15. The van der Waals surface area contributed by atoms with Crippen LogP contribution in [0.3, 0.4) is 0 Å². The predicted octanol–water partition coefficient (Wildman–Crippen LogP) is 2.44. The molecule has 1 aromatic carbocycles. The van der Waals surface area contributed by atoms with Gasteiger partial charge in [-0.3, -0.25) is 9.78 Å². The van der Waals surface area contributed by atoms with Crippen molar-refractivity contribution in [2.24, 2.45) is 11.7 Å². The van der Waals surface area contributed by atoms with E-state index < -0.39 is 5.91 Å². The van der Waals surface area contributed by atoms with E-state index >= 15 is 0 Å². The number of anilines is 3. The third-order valence-electron chi connectivity index (χ3n) is 5.05. The smallest absolute Gasteiger partial charge is 0.254 e. The maximum atomic E-state index is 11.8. The Labute approximate surface area is 162 Å². The Morgan fingerprint density at radius 3 is 2.93 bits per heavy atom. The number of aliphatic hydroxyl groups is 1. The number of benzene rings is 1. The van der Waals surface area contributed by atoms with Gasteiger partial charge in [-0.2, -0.15) is 4.98 Å². The van der Waals surface area contributed by atoms with E-state index in [1.165, 1.54) is 6.20 Å². The Hall–Kier alpha value is -3.26. The van der Waals surface area contributed by atoms with Crippen molar-refractivity contribution >= 4 is 34.3 Å². The summed E-state index contributed by atoms with van der Waals surface area (Å²) in [4.78, 5) is 24.8. The van der Waals surface area contributed by atoms with Crippen molar-refractivity contribution in [1.29, 1.82) is 0 Å². The molecule has 28 heavy (non-hydrogen) atoms. The number of hydrogen-bond donors (Lipinski definition) is 4. The monoisotopic (exact) mass is 378 g/mol. The van der Waals surface area contributed by atoms with E-state index in [-0.39, 0.29) is 18.2 Å². The highest BCUT2D eigenvalue weighted by molar-refractivity contribution is 5.98. The topological polar surface area (TPSA) is 126 Å². The summed E-state index contributed by atoms with van der Waals surface area (Å²) in [5.41, 5.74) is 7.36. The van der Waals surface area contributed by atoms with E-state index in [9.17, 15) is 9.90 Å². The Morgan fingerprint density at radius 1 is 1.25 bits per heavy atom. The van der Waals surface area contributed by atoms with Crippen LogP contribution in [-0.2, 0) is 0 Å². The molecule has 0 bridgehead atoms. The van der Waals surface area contributed by atoms with Crippen molar-refractivity contribution in [1.82, 2.24) is 15.0 Å². The van der Waals surface area contributed by atoms with E-state index in [1.807, 2.05) is 30.3 Å². The molecule has 0 unspecified atom stereocenters. The van der Waals surface area contributed by atoms with Gasteiger partial charge in [-0.05, 0) is 49.4 Å². The first-order valence-electron chi connectivity index (χ1n) is 9.28. The van der Waals surface area contributed by atoms with E-state index in [0.29, 0.717) is 17.7 Å². The fraction of sp³-hybridized carbons (Fsp3) is 0.300. The first kappa shape index (κ1) is 18.1. The van der Waals surface area contributed by atoms with Gasteiger partial charge in [0.2, 0.25) is 5.95 Å². The first-order chi connectivity index (χ1) is 13.6. The Morgan fingerprint density at radius 2 is 2.14 bits per heavy atom. The molecule has 8 heteroatoms. The Kier molecular flexibility index (Phi) is 5.03. The SMILES string of the molecule is NC(=O)c1cnc(N[C@H]2CC[C@@H](CO)C2)nc1Nc1ccc2ncccc2c1. The summed E-state index contributed by atoms with van der Waals surface area (Å²) in [5.74, 6) is 0.493. The lowest BCUT2D eigenvalue weighted by molar-refractivity contribution is 0.100. The molecule has 4 rings (SSSR count). The van der Waals surface area contributed by atoms with Gasteiger partial charge in [0, 0.05) is 36.1 Å². The standard InChI is InChI=1S/C20H22N6O2/c21-18(28)16-10-23-20(25-14-4-3-12(8-14)11-27)26-19(16)24-15-5-6-17-13(9-15)2-1-7-22-17/h1-2,5-7,9-10,12,14,27H,3-4,8,11H2,(H2,21,28)(H2,23,24,25,26)/t12-,14+/m1/s1. The zero-order chi connectivity index (χ0) is 19.5. The molecule has 0 spiro atoms. The summed E-state index contributed by atoms with van der Waals surface area (Å²) in [6, 6.07) is 9.75. The van der Waals surface area contributed by atoms with Gasteiger partial charge in [0.1, 0.15) is 11.4 Å². The number of amides is 1.